The molecule has 0 N–H and O–H groups in total. The molecule has 0 heteroatoms. The molecule has 1 spiro atoms. The SMILES string of the molecule is CC1(C)CCc2ccccc2C12CC2. The number of hydrogen-bond donors (Lipinski definition) is 0. The smallest absolute Gasteiger partial charge is 0.000759 e. The lowest BCUT2D eigenvalue weighted by molar-refractivity contribution is 0.224. The Morgan fingerprint density at radius 2 is 1.71 bits per heavy atom. The van der Waals surface area contributed by atoms with Gasteiger partial charge in [0.15, 0.2) is 0 Å². The van der Waals surface area contributed by atoms with Gasteiger partial charge in [0, 0.05) is 5.41 Å². The Morgan fingerprint density at radius 1 is 1.00 bits per heavy atom. The van der Waals surface area contributed by atoms with Crippen LogP contribution in [0.25, 0.3) is 0 Å². The van der Waals surface area contributed by atoms with Crippen molar-refractivity contribution in [2.24, 2.45) is 5.41 Å². The fourth-order valence-corrected chi connectivity index (χ4v) is 3.33. The van der Waals surface area contributed by atoms with Crippen LogP contribution in [0.5, 0.6) is 0 Å². The van der Waals surface area contributed by atoms with Crippen molar-refractivity contribution in [3.05, 3.63) is 35.4 Å². The molecule has 0 heterocycles. The van der Waals surface area contributed by atoms with E-state index in [2.05, 4.69) is 38.1 Å². The van der Waals surface area contributed by atoms with Crippen molar-refractivity contribution in [2.45, 2.75) is 44.9 Å². The zero-order chi connectivity index (χ0) is 9.81. The van der Waals surface area contributed by atoms with Crippen LogP contribution in [0.1, 0.15) is 44.2 Å². The molecule has 0 atom stereocenters. The molecular weight excluding hydrogens is 168 g/mol. The van der Waals surface area contributed by atoms with Gasteiger partial charge in [-0.3, -0.25) is 0 Å². The van der Waals surface area contributed by atoms with Crippen LogP contribution < -0.4 is 0 Å². The van der Waals surface area contributed by atoms with Gasteiger partial charge in [0.05, 0.1) is 0 Å². The Morgan fingerprint density at radius 3 is 2.43 bits per heavy atom. The Hall–Kier alpha value is -0.780. The zero-order valence-corrected chi connectivity index (χ0v) is 9.14. The third-order valence-corrected chi connectivity index (χ3v) is 4.60. The summed E-state index contributed by atoms with van der Waals surface area (Å²) in [4.78, 5) is 0. The molecule has 0 amide bonds. The van der Waals surface area contributed by atoms with Gasteiger partial charge in [0.25, 0.3) is 0 Å². The first-order valence-corrected chi connectivity index (χ1v) is 5.74. The number of aryl methyl sites for hydroxylation is 1. The first-order chi connectivity index (χ1) is 6.66. The fraction of sp³-hybridized carbons (Fsp3) is 0.571. The monoisotopic (exact) mass is 186 g/mol. The van der Waals surface area contributed by atoms with E-state index in [1.165, 1.54) is 25.7 Å². The van der Waals surface area contributed by atoms with E-state index in [0.29, 0.717) is 10.8 Å². The van der Waals surface area contributed by atoms with Crippen LogP contribution in [0.3, 0.4) is 0 Å². The van der Waals surface area contributed by atoms with Crippen LogP contribution in [-0.4, -0.2) is 0 Å². The van der Waals surface area contributed by atoms with Crippen molar-refractivity contribution < 1.29 is 0 Å². The fourth-order valence-electron chi connectivity index (χ4n) is 3.33. The van der Waals surface area contributed by atoms with E-state index < -0.39 is 0 Å². The minimum atomic E-state index is 0.529. The minimum Gasteiger partial charge on any atom is -0.0620 e. The van der Waals surface area contributed by atoms with Crippen LogP contribution in [0.2, 0.25) is 0 Å². The van der Waals surface area contributed by atoms with Gasteiger partial charge < -0.3 is 0 Å². The highest BCUT2D eigenvalue weighted by Gasteiger charge is 2.57. The van der Waals surface area contributed by atoms with Crippen molar-refractivity contribution in [1.29, 1.82) is 0 Å². The van der Waals surface area contributed by atoms with E-state index in [4.69, 9.17) is 0 Å². The summed E-state index contributed by atoms with van der Waals surface area (Å²) in [5, 5.41) is 0. The van der Waals surface area contributed by atoms with Gasteiger partial charge in [-0.15, -0.1) is 0 Å². The Bertz CT molecular complexity index is 369. The molecule has 0 nitrogen and oxygen atoms in total. The molecule has 0 aliphatic heterocycles. The molecule has 14 heavy (non-hydrogen) atoms. The summed E-state index contributed by atoms with van der Waals surface area (Å²) in [6.45, 7) is 4.91. The molecule has 3 rings (SSSR count). The minimum absolute atomic E-state index is 0.529. The van der Waals surface area contributed by atoms with E-state index in [-0.39, 0.29) is 0 Å². The molecule has 74 valence electrons. The second-order valence-corrected chi connectivity index (χ2v) is 5.62. The quantitative estimate of drug-likeness (QED) is 0.579. The molecule has 0 saturated heterocycles. The summed E-state index contributed by atoms with van der Waals surface area (Å²) < 4.78 is 0. The number of rotatable bonds is 0. The largest absolute Gasteiger partial charge is 0.0620 e. The van der Waals surface area contributed by atoms with E-state index in [1.54, 1.807) is 11.1 Å². The first-order valence-electron chi connectivity index (χ1n) is 5.74. The Kier molecular flexibility index (Phi) is 1.47. The third kappa shape index (κ3) is 0.893. The van der Waals surface area contributed by atoms with Crippen molar-refractivity contribution in [3.8, 4) is 0 Å². The molecular formula is C14H18. The molecule has 0 bridgehead atoms. The van der Waals surface area contributed by atoms with Crippen LogP contribution in [0.4, 0.5) is 0 Å². The maximum absolute atomic E-state index is 2.45. The Balaban J connectivity index is 2.18. The van der Waals surface area contributed by atoms with Gasteiger partial charge in [-0.1, -0.05) is 38.1 Å². The second kappa shape index (κ2) is 2.42. The molecule has 1 saturated carbocycles. The number of fused-ring (bicyclic) bond motifs is 2. The lowest BCUT2D eigenvalue weighted by Crippen LogP contribution is -2.34. The molecule has 1 aromatic rings. The van der Waals surface area contributed by atoms with Crippen LogP contribution in [0, 0.1) is 5.41 Å². The topological polar surface area (TPSA) is 0 Å². The van der Waals surface area contributed by atoms with Gasteiger partial charge in [0.2, 0.25) is 0 Å². The average Bonchev–Trinajstić information content (AvgIpc) is 2.95. The Labute approximate surface area is 86.3 Å². The number of benzene rings is 1. The van der Waals surface area contributed by atoms with E-state index >= 15 is 0 Å². The number of hydrogen-bond acceptors (Lipinski definition) is 0. The maximum atomic E-state index is 2.45. The van der Waals surface area contributed by atoms with E-state index in [0.717, 1.165) is 0 Å². The van der Waals surface area contributed by atoms with Gasteiger partial charge in [-0.25, -0.2) is 0 Å². The predicted molar refractivity (Wildman–Crippen MR) is 59.5 cm³/mol. The summed E-state index contributed by atoms with van der Waals surface area (Å²) in [5.41, 5.74) is 4.36. The third-order valence-electron chi connectivity index (χ3n) is 4.60. The highest BCUT2D eigenvalue weighted by atomic mass is 14.6. The normalized spacial score (nSPS) is 25.9. The molecule has 0 unspecified atom stereocenters. The van der Waals surface area contributed by atoms with Gasteiger partial charge in [-0.2, -0.15) is 0 Å². The highest BCUT2D eigenvalue weighted by Crippen LogP contribution is 2.64. The zero-order valence-electron chi connectivity index (χ0n) is 9.14. The molecule has 0 aromatic heterocycles. The molecule has 1 fully saturated rings. The maximum Gasteiger partial charge on any atom is 0.000759 e. The highest BCUT2D eigenvalue weighted by molar-refractivity contribution is 5.43. The van der Waals surface area contributed by atoms with Crippen LogP contribution >= 0.6 is 0 Å². The lowest BCUT2D eigenvalue weighted by Gasteiger charge is -2.41. The summed E-state index contributed by atoms with van der Waals surface area (Å²) in [7, 11) is 0. The second-order valence-electron chi connectivity index (χ2n) is 5.62. The standard InChI is InChI=1S/C14H18/c1-13(2)8-7-11-5-3-4-6-12(11)14(13)9-10-14/h3-6H,7-10H2,1-2H3. The summed E-state index contributed by atoms with van der Waals surface area (Å²) >= 11 is 0. The molecule has 0 radical (unpaired) electrons. The van der Waals surface area contributed by atoms with Crippen molar-refractivity contribution in [3.63, 3.8) is 0 Å². The average molecular weight is 186 g/mol. The van der Waals surface area contributed by atoms with Crippen molar-refractivity contribution in [2.75, 3.05) is 0 Å². The van der Waals surface area contributed by atoms with E-state index in [9.17, 15) is 0 Å². The predicted octanol–water partition coefficient (Wildman–Crippen LogP) is 3.69. The van der Waals surface area contributed by atoms with Gasteiger partial charge in [0.1, 0.15) is 0 Å². The molecule has 2 aliphatic rings. The summed E-state index contributed by atoms with van der Waals surface area (Å²) in [6.07, 6.45) is 5.48. The lowest BCUT2D eigenvalue weighted by atomic mass is 9.63. The van der Waals surface area contributed by atoms with Crippen molar-refractivity contribution in [1.82, 2.24) is 0 Å². The van der Waals surface area contributed by atoms with E-state index in [1.807, 2.05) is 0 Å². The van der Waals surface area contributed by atoms with Gasteiger partial charge >= 0.3 is 0 Å². The van der Waals surface area contributed by atoms with Crippen molar-refractivity contribution >= 4 is 0 Å². The first kappa shape index (κ1) is 8.52. The molecule has 2 aliphatic carbocycles. The van der Waals surface area contributed by atoms with Gasteiger partial charge in [-0.05, 0) is 42.2 Å². The van der Waals surface area contributed by atoms with Crippen LogP contribution in [0.15, 0.2) is 24.3 Å². The molecule has 1 aromatic carbocycles. The summed E-state index contributed by atoms with van der Waals surface area (Å²) in [5.74, 6) is 0. The van der Waals surface area contributed by atoms with Crippen LogP contribution in [-0.2, 0) is 11.8 Å². The summed E-state index contributed by atoms with van der Waals surface area (Å²) in [6, 6.07) is 9.08.